The monoisotopic (exact) mass is 256 g/mol. The van der Waals surface area contributed by atoms with Gasteiger partial charge in [-0.25, -0.2) is 0 Å². The first kappa shape index (κ1) is 11.5. The first-order chi connectivity index (χ1) is 9.90. The van der Waals surface area contributed by atoms with E-state index in [2.05, 4.69) is 72.8 Å². The van der Waals surface area contributed by atoms with Gasteiger partial charge in [-0.3, -0.25) is 0 Å². The van der Waals surface area contributed by atoms with Crippen molar-refractivity contribution in [1.82, 2.24) is 0 Å². The zero-order valence-electron chi connectivity index (χ0n) is 11.3. The van der Waals surface area contributed by atoms with E-state index in [9.17, 15) is 0 Å². The highest BCUT2D eigenvalue weighted by Crippen LogP contribution is 2.26. The molecule has 1 aliphatic carbocycles. The zero-order chi connectivity index (χ0) is 13.4. The van der Waals surface area contributed by atoms with Crippen molar-refractivity contribution in [2.75, 3.05) is 0 Å². The van der Waals surface area contributed by atoms with E-state index in [1.54, 1.807) is 0 Å². The highest BCUT2D eigenvalue weighted by Gasteiger charge is 2.08. The Bertz CT molecular complexity index is 809. The number of hydrogen-bond acceptors (Lipinski definition) is 0. The SMILES string of the molecule is C1=Cc2cc3ccccc3cc2CCc2ccccc21. The second-order valence-corrected chi connectivity index (χ2v) is 5.43. The van der Waals surface area contributed by atoms with Gasteiger partial charge >= 0.3 is 0 Å². The maximum atomic E-state index is 2.35. The lowest BCUT2D eigenvalue weighted by Gasteiger charge is -2.13. The summed E-state index contributed by atoms with van der Waals surface area (Å²) in [7, 11) is 0. The molecule has 1 aliphatic rings. The van der Waals surface area contributed by atoms with Crippen LogP contribution in [0.2, 0.25) is 0 Å². The molecule has 0 N–H and O–H groups in total. The van der Waals surface area contributed by atoms with E-state index >= 15 is 0 Å². The lowest BCUT2D eigenvalue weighted by Crippen LogP contribution is -1.99. The van der Waals surface area contributed by atoms with Crippen LogP contribution in [0, 0.1) is 0 Å². The molecule has 0 bridgehead atoms. The van der Waals surface area contributed by atoms with Crippen LogP contribution in [-0.2, 0) is 12.8 Å². The molecule has 0 heteroatoms. The molecule has 0 unspecified atom stereocenters. The molecule has 0 amide bonds. The van der Waals surface area contributed by atoms with Crippen molar-refractivity contribution in [3.8, 4) is 0 Å². The Morgan fingerprint density at radius 3 is 2.10 bits per heavy atom. The summed E-state index contributed by atoms with van der Waals surface area (Å²) in [5.41, 5.74) is 5.61. The van der Waals surface area contributed by atoms with Crippen LogP contribution in [0.1, 0.15) is 22.3 Å². The van der Waals surface area contributed by atoms with Gasteiger partial charge in [0.25, 0.3) is 0 Å². The fraction of sp³-hybridized carbons (Fsp3) is 0.100. The fourth-order valence-electron chi connectivity index (χ4n) is 3.05. The average Bonchev–Trinajstić information content (AvgIpc) is 2.49. The van der Waals surface area contributed by atoms with E-state index in [4.69, 9.17) is 0 Å². The molecular weight excluding hydrogens is 240 g/mol. The van der Waals surface area contributed by atoms with Crippen LogP contribution in [0.25, 0.3) is 22.9 Å². The molecular formula is C20H16. The third-order valence-corrected chi connectivity index (χ3v) is 4.17. The van der Waals surface area contributed by atoms with Crippen molar-refractivity contribution in [2.45, 2.75) is 12.8 Å². The van der Waals surface area contributed by atoms with Gasteiger partial charge in [0.2, 0.25) is 0 Å². The maximum absolute atomic E-state index is 2.35. The minimum atomic E-state index is 1.11. The number of hydrogen-bond donors (Lipinski definition) is 0. The van der Waals surface area contributed by atoms with E-state index in [0.29, 0.717) is 0 Å². The number of rotatable bonds is 0. The quantitative estimate of drug-likeness (QED) is 0.524. The minimum Gasteiger partial charge on any atom is -0.0620 e. The predicted octanol–water partition coefficient (Wildman–Crippen LogP) is 5.11. The predicted molar refractivity (Wildman–Crippen MR) is 86.7 cm³/mol. The molecule has 20 heavy (non-hydrogen) atoms. The van der Waals surface area contributed by atoms with Crippen molar-refractivity contribution < 1.29 is 0 Å². The summed E-state index contributed by atoms with van der Waals surface area (Å²) in [6.07, 6.45) is 6.75. The van der Waals surface area contributed by atoms with Crippen molar-refractivity contribution >= 4 is 22.9 Å². The van der Waals surface area contributed by atoms with E-state index in [-0.39, 0.29) is 0 Å². The van der Waals surface area contributed by atoms with Gasteiger partial charge in [-0.2, -0.15) is 0 Å². The van der Waals surface area contributed by atoms with Crippen LogP contribution < -0.4 is 0 Å². The highest BCUT2D eigenvalue weighted by molar-refractivity contribution is 5.87. The molecule has 3 aromatic rings. The van der Waals surface area contributed by atoms with E-state index in [1.165, 1.54) is 33.0 Å². The summed E-state index contributed by atoms with van der Waals surface area (Å²) in [5.74, 6) is 0. The van der Waals surface area contributed by atoms with Crippen LogP contribution in [-0.4, -0.2) is 0 Å². The molecule has 0 saturated carbocycles. The van der Waals surface area contributed by atoms with Gasteiger partial charge in [-0.05, 0) is 51.9 Å². The van der Waals surface area contributed by atoms with E-state index in [1.807, 2.05) is 0 Å². The molecule has 0 spiro atoms. The minimum absolute atomic E-state index is 1.11. The molecule has 3 aromatic carbocycles. The summed E-state index contributed by atoms with van der Waals surface area (Å²) >= 11 is 0. The molecule has 0 aliphatic heterocycles. The Labute approximate surface area is 119 Å². The van der Waals surface area contributed by atoms with Crippen molar-refractivity contribution in [2.24, 2.45) is 0 Å². The van der Waals surface area contributed by atoms with E-state index in [0.717, 1.165) is 12.8 Å². The normalized spacial score (nSPS) is 13.4. The Balaban J connectivity index is 1.90. The molecule has 0 atom stereocenters. The molecule has 4 rings (SSSR count). The fourth-order valence-corrected chi connectivity index (χ4v) is 3.05. The smallest absolute Gasteiger partial charge is 0.0178 e. The Kier molecular flexibility index (Phi) is 2.67. The van der Waals surface area contributed by atoms with Crippen molar-refractivity contribution in [3.63, 3.8) is 0 Å². The van der Waals surface area contributed by atoms with Gasteiger partial charge < -0.3 is 0 Å². The van der Waals surface area contributed by atoms with Crippen molar-refractivity contribution in [1.29, 1.82) is 0 Å². The van der Waals surface area contributed by atoms with Gasteiger partial charge in [0.15, 0.2) is 0 Å². The Morgan fingerprint density at radius 2 is 1.20 bits per heavy atom. The topological polar surface area (TPSA) is 0 Å². The van der Waals surface area contributed by atoms with Crippen LogP contribution >= 0.6 is 0 Å². The first-order valence-electron chi connectivity index (χ1n) is 7.18. The number of aryl methyl sites for hydroxylation is 2. The van der Waals surface area contributed by atoms with Gasteiger partial charge in [0.1, 0.15) is 0 Å². The molecule has 0 nitrogen and oxygen atoms in total. The standard InChI is InChI=1S/C20H16/c1-2-6-16-10-12-20-14-18-8-4-3-7-17(18)13-19(20)11-9-15(16)5-1/h1-9,11,13-14H,10,12H2. The third-order valence-electron chi connectivity index (χ3n) is 4.17. The lowest BCUT2D eigenvalue weighted by atomic mass is 9.91. The molecule has 0 fully saturated rings. The van der Waals surface area contributed by atoms with Crippen LogP contribution in [0.15, 0.2) is 60.7 Å². The van der Waals surface area contributed by atoms with E-state index < -0.39 is 0 Å². The molecule has 0 radical (unpaired) electrons. The summed E-state index contributed by atoms with van der Waals surface area (Å²) in [4.78, 5) is 0. The summed E-state index contributed by atoms with van der Waals surface area (Å²) in [6, 6.07) is 22.0. The lowest BCUT2D eigenvalue weighted by molar-refractivity contribution is 0.954. The van der Waals surface area contributed by atoms with Crippen LogP contribution in [0.4, 0.5) is 0 Å². The summed E-state index contributed by atoms with van der Waals surface area (Å²) in [6.45, 7) is 0. The highest BCUT2D eigenvalue weighted by atomic mass is 14.1. The average molecular weight is 256 g/mol. The molecule has 0 heterocycles. The van der Waals surface area contributed by atoms with Crippen LogP contribution in [0.3, 0.4) is 0 Å². The number of fused-ring (bicyclic) bond motifs is 3. The Hall–Kier alpha value is -2.34. The van der Waals surface area contributed by atoms with Gasteiger partial charge in [-0.1, -0.05) is 66.7 Å². The van der Waals surface area contributed by atoms with Gasteiger partial charge in [0.05, 0.1) is 0 Å². The maximum Gasteiger partial charge on any atom is -0.0178 e. The van der Waals surface area contributed by atoms with Gasteiger partial charge in [0, 0.05) is 0 Å². The summed E-state index contributed by atoms with van der Waals surface area (Å²) < 4.78 is 0. The Morgan fingerprint density at radius 1 is 0.550 bits per heavy atom. The third kappa shape index (κ3) is 1.94. The molecule has 96 valence electrons. The largest absolute Gasteiger partial charge is 0.0620 e. The number of benzene rings is 3. The van der Waals surface area contributed by atoms with Gasteiger partial charge in [-0.15, -0.1) is 0 Å². The second-order valence-electron chi connectivity index (χ2n) is 5.43. The van der Waals surface area contributed by atoms with Crippen LogP contribution in [0.5, 0.6) is 0 Å². The first-order valence-corrected chi connectivity index (χ1v) is 7.18. The zero-order valence-corrected chi connectivity index (χ0v) is 11.3. The second kappa shape index (κ2) is 4.64. The summed E-state index contributed by atoms with van der Waals surface area (Å²) in [5, 5.41) is 2.67. The van der Waals surface area contributed by atoms with Crippen molar-refractivity contribution in [3.05, 3.63) is 82.9 Å². The molecule has 0 aromatic heterocycles. The molecule has 0 saturated heterocycles.